The second-order valence-electron chi connectivity index (χ2n) is 4.85. The van der Waals surface area contributed by atoms with Crippen molar-refractivity contribution in [2.75, 3.05) is 0 Å². The number of aryl methyl sites for hydroxylation is 1. The molecule has 0 aliphatic carbocycles. The normalized spacial score (nSPS) is 15.2. The quantitative estimate of drug-likeness (QED) is 0.782. The molecule has 0 radical (unpaired) electrons. The molecule has 20 heavy (non-hydrogen) atoms. The van der Waals surface area contributed by atoms with E-state index >= 15 is 0 Å². The number of nitrogens with zero attached hydrogens (tertiary/aromatic N) is 5. The molecule has 2 aromatic heterocycles. The maximum atomic E-state index is 9.42. The largest absolute Gasteiger partial charge is 0.310 e. The van der Waals surface area contributed by atoms with Gasteiger partial charge in [0.25, 0.3) is 0 Å². The molecule has 1 aliphatic heterocycles. The third-order valence-corrected chi connectivity index (χ3v) is 3.49. The molecule has 1 aliphatic rings. The van der Waals surface area contributed by atoms with Gasteiger partial charge in [0, 0.05) is 25.4 Å². The van der Waals surface area contributed by atoms with Crippen molar-refractivity contribution >= 4 is 11.6 Å². The van der Waals surface area contributed by atoms with E-state index in [1.165, 1.54) is 6.42 Å². The van der Waals surface area contributed by atoms with Crippen molar-refractivity contribution in [1.29, 1.82) is 5.26 Å². The first-order valence-electron chi connectivity index (χ1n) is 6.83. The molecule has 0 saturated heterocycles. The van der Waals surface area contributed by atoms with E-state index in [2.05, 4.69) is 25.8 Å². The van der Waals surface area contributed by atoms with Crippen molar-refractivity contribution in [2.45, 2.75) is 32.2 Å². The first kappa shape index (κ1) is 12.5. The van der Waals surface area contributed by atoms with Gasteiger partial charge in [-0.25, -0.2) is 0 Å². The van der Waals surface area contributed by atoms with Gasteiger partial charge in [-0.05, 0) is 36.6 Å². The molecule has 5 heteroatoms. The number of rotatable bonds is 2. The summed E-state index contributed by atoms with van der Waals surface area (Å²) in [6.45, 7) is 0.896. The summed E-state index contributed by atoms with van der Waals surface area (Å²) in [6.07, 6.45) is 9.68. The fourth-order valence-electron chi connectivity index (χ4n) is 2.46. The summed E-state index contributed by atoms with van der Waals surface area (Å²) >= 11 is 0. The summed E-state index contributed by atoms with van der Waals surface area (Å²) in [5, 5.41) is 17.9. The summed E-state index contributed by atoms with van der Waals surface area (Å²) in [7, 11) is 0. The van der Waals surface area contributed by atoms with Crippen LogP contribution in [0.15, 0.2) is 24.5 Å². The van der Waals surface area contributed by atoms with Crippen LogP contribution >= 0.6 is 0 Å². The van der Waals surface area contributed by atoms with Crippen LogP contribution in [0.5, 0.6) is 0 Å². The van der Waals surface area contributed by atoms with E-state index in [4.69, 9.17) is 0 Å². The van der Waals surface area contributed by atoms with Crippen molar-refractivity contribution in [3.63, 3.8) is 0 Å². The van der Waals surface area contributed by atoms with E-state index in [0.29, 0.717) is 11.4 Å². The number of fused-ring (bicyclic) bond motifs is 1. The van der Waals surface area contributed by atoms with Crippen LogP contribution in [-0.2, 0) is 13.0 Å². The maximum absolute atomic E-state index is 9.42. The highest BCUT2D eigenvalue weighted by molar-refractivity contribution is 5.87. The Morgan fingerprint density at radius 3 is 2.85 bits per heavy atom. The van der Waals surface area contributed by atoms with E-state index in [1.54, 1.807) is 12.4 Å². The zero-order valence-electron chi connectivity index (χ0n) is 11.2. The van der Waals surface area contributed by atoms with Crippen LogP contribution in [0.3, 0.4) is 0 Å². The van der Waals surface area contributed by atoms with E-state index in [-0.39, 0.29) is 0 Å². The molecule has 0 amide bonds. The molecule has 0 bridgehead atoms. The van der Waals surface area contributed by atoms with Gasteiger partial charge >= 0.3 is 0 Å². The zero-order chi connectivity index (χ0) is 13.8. The third kappa shape index (κ3) is 2.45. The SMILES string of the molecule is N#C/C(=C/c1ccncc1)c1nnc2n1CCCCC2. The van der Waals surface area contributed by atoms with E-state index < -0.39 is 0 Å². The predicted molar refractivity (Wildman–Crippen MR) is 75.3 cm³/mol. The van der Waals surface area contributed by atoms with Crippen molar-refractivity contribution in [1.82, 2.24) is 19.7 Å². The van der Waals surface area contributed by atoms with Crippen molar-refractivity contribution in [3.8, 4) is 6.07 Å². The van der Waals surface area contributed by atoms with E-state index in [0.717, 1.165) is 37.2 Å². The van der Waals surface area contributed by atoms with Gasteiger partial charge in [-0.2, -0.15) is 5.26 Å². The monoisotopic (exact) mass is 265 g/mol. The minimum atomic E-state index is 0.553. The first-order chi connectivity index (χ1) is 9.88. The predicted octanol–water partition coefficient (Wildman–Crippen LogP) is 2.46. The van der Waals surface area contributed by atoms with Gasteiger partial charge in [-0.1, -0.05) is 6.42 Å². The van der Waals surface area contributed by atoms with Crippen molar-refractivity contribution in [3.05, 3.63) is 41.7 Å². The first-order valence-corrected chi connectivity index (χ1v) is 6.83. The number of allylic oxidation sites excluding steroid dienone is 1. The molecule has 5 nitrogen and oxygen atoms in total. The van der Waals surface area contributed by atoms with Gasteiger partial charge in [0.05, 0.1) is 5.57 Å². The lowest BCUT2D eigenvalue weighted by molar-refractivity contribution is 0.627. The Kier molecular flexibility index (Phi) is 3.55. The third-order valence-electron chi connectivity index (χ3n) is 3.49. The molecule has 0 N–H and O–H groups in total. The highest BCUT2D eigenvalue weighted by atomic mass is 15.3. The summed E-state index contributed by atoms with van der Waals surface area (Å²) < 4.78 is 2.09. The molecule has 0 spiro atoms. The second kappa shape index (κ2) is 5.66. The van der Waals surface area contributed by atoms with Gasteiger partial charge < -0.3 is 4.57 Å². The van der Waals surface area contributed by atoms with E-state index in [1.807, 2.05) is 18.2 Å². The van der Waals surface area contributed by atoms with Crippen LogP contribution in [0.1, 0.15) is 36.5 Å². The van der Waals surface area contributed by atoms with Gasteiger partial charge in [0.2, 0.25) is 0 Å². The van der Waals surface area contributed by atoms with Crippen molar-refractivity contribution in [2.24, 2.45) is 0 Å². The summed E-state index contributed by atoms with van der Waals surface area (Å²) in [6, 6.07) is 5.98. The molecule has 0 unspecified atom stereocenters. The molecule has 2 aromatic rings. The Hall–Kier alpha value is -2.48. The second-order valence-corrected chi connectivity index (χ2v) is 4.85. The lowest BCUT2D eigenvalue weighted by Gasteiger charge is -2.05. The molecule has 0 fully saturated rings. The Labute approximate surface area is 117 Å². The van der Waals surface area contributed by atoms with Gasteiger partial charge in [-0.3, -0.25) is 4.98 Å². The Bertz CT molecular complexity index is 663. The topological polar surface area (TPSA) is 67.4 Å². The number of hydrogen-bond donors (Lipinski definition) is 0. The molecule has 100 valence electrons. The zero-order valence-corrected chi connectivity index (χ0v) is 11.2. The van der Waals surface area contributed by atoms with Gasteiger partial charge in [0.1, 0.15) is 11.9 Å². The molecular weight excluding hydrogens is 250 g/mol. The number of nitriles is 1. The van der Waals surface area contributed by atoms with E-state index in [9.17, 15) is 5.26 Å². The minimum Gasteiger partial charge on any atom is -0.310 e. The highest BCUT2D eigenvalue weighted by Gasteiger charge is 2.17. The van der Waals surface area contributed by atoms with Crippen LogP contribution in [0.2, 0.25) is 0 Å². The summed E-state index contributed by atoms with van der Waals surface area (Å²) in [5.74, 6) is 1.68. The van der Waals surface area contributed by atoms with Crippen LogP contribution < -0.4 is 0 Å². The average molecular weight is 265 g/mol. The van der Waals surface area contributed by atoms with Crippen LogP contribution in [0, 0.1) is 11.3 Å². The fourth-order valence-corrected chi connectivity index (χ4v) is 2.46. The Morgan fingerprint density at radius 2 is 2.05 bits per heavy atom. The Balaban J connectivity index is 2.01. The summed E-state index contributed by atoms with van der Waals surface area (Å²) in [5.41, 5.74) is 1.50. The standard InChI is InChI=1S/C15H15N5/c16-11-13(10-12-5-7-17-8-6-12)15-19-18-14-4-2-1-3-9-20(14)15/h5-8,10H,1-4,9H2/b13-10-. The van der Waals surface area contributed by atoms with Crippen LogP contribution in [0.25, 0.3) is 11.6 Å². The molecule has 3 heterocycles. The number of aromatic nitrogens is 4. The molecular formula is C15H15N5. The average Bonchev–Trinajstić information content (AvgIpc) is 2.74. The van der Waals surface area contributed by atoms with Crippen molar-refractivity contribution < 1.29 is 0 Å². The Morgan fingerprint density at radius 1 is 1.20 bits per heavy atom. The lowest BCUT2D eigenvalue weighted by atomic mass is 10.1. The maximum Gasteiger partial charge on any atom is 0.174 e. The van der Waals surface area contributed by atoms with Gasteiger partial charge in [-0.15, -0.1) is 10.2 Å². The minimum absolute atomic E-state index is 0.553. The van der Waals surface area contributed by atoms with Crippen LogP contribution in [-0.4, -0.2) is 19.7 Å². The molecule has 0 atom stereocenters. The molecule has 3 rings (SSSR count). The fraction of sp³-hybridized carbons (Fsp3) is 0.333. The smallest absolute Gasteiger partial charge is 0.174 e. The number of pyridine rings is 1. The van der Waals surface area contributed by atoms with Crippen LogP contribution in [0.4, 0.5) is 0 Å². The lowest BCUT2D eigenvalue weighted by Crippen LogP contribution is -2.05. The highest BCUT2D eigenvalue weighted by Crippen LogP contribution is 2.20. The number of hydrogen-bond acceptors (Lipinski definition) is 4. The summed E-state index contributed by atoms with van der Waals surface area (Å²) in [4.78, 5) is 3.98. The molecule has 0 saturated carbocycles. The van der Waals surface area contributed by atoms with Gasteiger partial charge in [0.15, 0.2) is 5.82 Å². The molecule has 0 aromatic carbocycles.